The summed E-state index contributed by atoms with van der Waals surface area (Å²) in [5.74, 6) is 0.524. The molecule has 134 valence electrons. The zero-order valence-electron chi connectivity index (χ0n) is 15.8. The van der Waals surface area contributed by atoms with E-state index in [4.69, 9.17) is 0 Å². The molecule has 4 rings (SSSR count). The summed E-state index contributed by atoms with van der Waals surface area (Å²) < 4.78 is 1.27. The average molecular weight is 462 g/mol. The van der Waals surface area contributed by atoms with E-state index in [2.05, 4.69) is 110 Å². The minimum Gasteiger partial charge on any atom is -0.0985 e. The molecule has 0 nitrogen and oxygen atoms in total. The SMILES string of the molecule is C=Cc1ccc2cc(-c3ccc4cc(I)ccc4c3)ccc2c1[C@@H](C)CC. The molecule has 0 aromatic heterocycles. The van der Waals surface area contributed by atoms with Crippen molar-refractivity contribution in [1.82, 2.24) is 0 Å². The third-order valence-corrected chi connectivity index (χ3v) is 6.23. The van der Waals surface area contributed by atoms with Crippen LogP contribution in [0.25, 0.3) is 38.7 Å². The van der Waals surface area contributed by atoms with E-state index < -0.39 is 0 Å². The van der Waals surface area contributed by atoms with Gasteiger partial charge < -0.3 is 0 Å². The maximum atomic E-state index is 4.01. The van der Waals surface area contributed by atoms with Crippen molar-refractivity contribution in [2.45, 2.75) is 26.2 Å². The van der Waals surface area contributed by atoms with Crippen LogP contribution in [-0.4, -0.2) is 0 Å². The third-order valence-electron chi connectivity index (χ3n) is 5.56. The van der Waals surface area contributed by atoms with Crippen LogP contribution in [0.1, 0.15) is 37.3 Å². The van der Waals surface area contributed by atoms with Gasteiger partial charge in [-0.25, -0.2) is 0 Å². The van der Waals surface area contributed by atoms with Crippen molar-refractivity contribution in [3.05, 3.63) is 88.0 Å². The second kappa shape index (κ2) is 7.47. The number of benzene rings is 4. The van der Waals surface area contributed by atoms with E-state index in [0.717, 1.165) is 6.42 Å². The topological polar surface area (TPSA) is 0 Å². The van der Waals surface area contributed by atoms with Gasteiger partial charge in [-0.05, 0) is 103 Å². The molecule has 0 heterocycles. The Kier molecular flexibility index (Phi) is 5.05. The van der Waals surface area contributed by atoms with Gasteiger partial charge in [0, 0.05) is 3.57 Å². The van der Waals surface area contributed by atoms with Gasteiger partial charge in [-0.1, -0.05) is 69.0 Å². The molecule has 0 saturated heterocycles. The van der Waals surface area contributed by atoms with Crippen LogP contribution in [0.3, 0.4) is 0 Å². The highest BCUT2D eigenvalue weighted by Crippen LogP contribution is 2.34. The zero-order valence-corrected chi connectivity index (χ0v) is 18.0. The Labute approximate surface area is 175 Å². The molecule has 27 heavy (non-hydrogen) atoms. The van der Waals surface area contributed by atoms with Gasteiger partial charge in [-0.3, -0.25) is 0 Å². The van der Waals surface area contributed by atoms with Crippen molar-refractivity contribution in [3.8, 4) is 11.1 Å². The molecule has 0 radical (unpaired) electrons. The lowest BCUT2D eigenvalue weighted by Crippen LogP contribution is -1.97. The maximum Gasteiger partial charge on any atom is 0.0136 e. The molecule has 0 aliphatic carbocycles. The van der Waals surface area contributed by atoms with Gasteiger partial charge in [0.15, 0.2) is 0 Å². The first-order valence-electron chi connectivity index (χ1n) is 9.49. The molecule has 0 fully saturated rings. The molecular formula is C26H23I. The smallest absolute Gasteiger partial charge is 0.0136 e. The van der Waals surface area contributed by atoms with Crippen LogP contribution in [0.5, 0.6) is 0 Å². The van der Waals surface area contributed by atoms with Gasteiger partial charge in [-0.15, -0.1) is 0 Å². The number of hydrogen-bond donors (Lipinski definition) is 0. The molecule has 1 heteroatoms. The van der Waals surface area contributed by atoms with Crippen LogP contribution >= 0.6 is 22.6 Å². The van der Waals surface area contributed by atoms with Gasteiger partial charge in [0.1, 0.15) is 0 Å². The molecule has 1 atom stereocenters. The van der Waals surface area contributed by atoms with Crippen molar-refractivity contribution in [3.63, 3.8) is 0 Å². The van der Waals surface area contributed by atoms with Crippen molar-refractivity contribution in [1.29, 1.82) is 0 Å². The molecule has 0 unspecified atom stereocenters. The maximum absolute atomic E-state index is 4.01. The number of fused-ring (bicyclic) bond motifs is 2. The Bertz CT molecular complexity index is 1150. The van der Waals surface area contributed by atoms with E-state index in [1.165, 1.54) is 47.4 Å². The van der Waals surface area contributed by atoms with Crippen LogP contribution in [0, 0.1) is 3.57 Å². The van der Waals surface area contributed by atoms with Crippen LogP contribution in [0.4, 0.5) is 0 Å². The van der Waals surface area contributed by atoms with Crippen LogP contribution in [-0.2, 0) is 0 Å². The molecule has 0 saturated carbocycles. The van der Waals surface area contributed by atoms with Crippen molar-refractivity contribution in [2.24, 2.45) is 0 Å². The van der Waals surface area contributed by atoms with Gasteiger partial charge in [-0.2, -0.15) is 0 Å². The highest BCUT2D eigenvalue weighted by atomic mass is 127. The first-order valence-corrected chi connectivity index (χ1v) is 10.6. The highest BCUT2D eigenvalue weighted by Gasteiger charge is 2.12. The Morgan fingerprint density at radius 3 is 2.22 bits per heavy atom. The fraction of sp³-hybridized carbons (Fsp3) is 0.154. The monoisotopic (exact) mass is 462 g/mol. The lowest BCUT2D eigenvalue weighted by Gasteiger charge is -2.17. The summed E-state index contributed by atoms with van der Waals surface area (Å²) in [4.78, 5) is 0. The summed E-state index contributed by atoms with van der Waals surface area (Å²) in [6.07, 6.45) is 3.12. The first kappa shape index (κ1) is 18.2. The molecular weight excluding hydrogens is 439 g/mol. The number of rotatable bonds is 4. The summed E-state index contributed by atoms with van der Waals surface area (Å²) in [5.41, 5.74) is 5.21. The third kappa shape index (κ3) is 3.41. The summed E-state index contributed by atoms with van der Waals surface area (Å²) in [7, 11) is 0. The average Bonchev–Trinajstić information content (AvgIpc) is 2.71. The molecule has 4 aromatic carbocycles. The minimum atomic E-state index is 0.524. The van der Waals surface area contributed by atoms with Crippen LogP contribution in [0.15, 0.2) is 73.3 Å². The fourth-order valence-electron chi connectivity index (χ4n) is 3.88. The summed E-state index contributed by atoms with van der Waals surface area (Å²) in [6, 6.07) is 24.7. The Morgan fingerprint density at radius 1 is 0.852 bits per heavy atom. The molecule has 0 amide bonds. The van der Waals surface area contributed by atoms with E-state index in [-0.39, 0.29) is 0 Å². The number of hydrogen-bond acceptors (Lipinski definition) is 0. The Hall–Kier alpha value is -2.13. The zero-order chi connectivity index (χ0) is 19.0. The summed E-state index contributed by atoms with van der Waals surface area (Å²) in [6.45, 7) is 8.57. The van der Waals surface area contributed by atoms with E-state index in [9.17, 15) is 0 Å². The molecule has 4 aromatic rings. The molecule has 0 aliphatic heterocycles. The van der Waals surface area contributed by atoms with Gasteiger partial charge >= 0.3 is 0 Å². The molecule has 0 bridgehead atoms. The van der Waals surface area contributed by atoms with Crippen LogP contribution < -0.4 is 0 Å². The van der Waals surface area contributed by atoms with Gasteiger partial charge in [0.2, 0.25) is 0 Å². The molecule has 0 aliphatic rings. The molecule has 0 N–H and O–H groups in total. The lowest BCUT2D eigenvalue weighted by atomic mass is 9.87. The second-order valence-corrected chi connectivity index (χ2v) is 8.47. The lowest BCUT2D eigenvalue weighted by molar-refractivity contribution is 0.738. The van der Waals surface area contributed by atoms with E-state index >= 15 is 0 Å². The van der Waals surface area contributed by atoms with Gasteiger partial charge in [0.25, 0.3) is 0 Å². The van der Waals surface area contributed by atoms with E-state index in [1.807, 2.05) is 6.08 Å². The quantitative estimate of drug-likeness (QED) is 0.267. The molecule has 0 spiro atoms. The largest absolute Gasteiger partial charge is 0.0985 e. The van der Waals surface area contributed by atoms with E-state index in [1.54, 1.807) is 0 Å². The minimum absolute atomic E-state index is 0.524. The van der Waals surface area contributed by atoms with Crippen LogP contribution in [0.2, 0.25) is 0 Å². The van der Waals surface area contributed by atoms with Gasteiger partial charge in [0.05, 0.1) is 0 Å². The first-order chi connectivity index (χ1) is 13.1. The standard InChI is InChI=1S/C26H23I/c1-4-17(3)26-18(5-2)6-9-23-15-21(11-13-25(23)26)19-7-8-22-16-24(27)12-10-20(22)14-19/h5-17H,2,4H2,1,3H3/t17-/m0/s1. The number of halogens is 1. The highest BCUT2D eigenvalue weighted by molar-refractivity contribution is 14.1. The Morgan fingerprint density at radius 2 is 1.48 bits per heavy atom. The summed E-state index contributed by atoms with van der Waals surface area (Å²) >= 11 is 2.37. The summed E-state index contributed by atoms with van der Waals surface area (Å²) in [5, 5.41) is 5.23. The predicted molar refractivity (Wildman–Crippen MR) is 128 cm³/mol. The van der Waals surface area contributed by atoms with Crippen molar-refractivity contribution >= 4 is 50.2 Å². The second-order valence-electron chi connectivity index (χ2n) is 7.22. The van der Waals surface area contributed by atoms with Crippen molar-refractivity contribution in [2.75, 3.05) is 0 Å². The normalized spacial score (nSPS) is 12.4. The van der Waals surface area contributed by atoms with E-state index in [0.29, 0.717) is 5.92 Å². The van der Waals surface area contributed by atoms with Crippen molar-refractivity contribution < 1.29 is 0 Å². The fourth-order valence-corrected chi connectivity index (χ4v) is 4.39. The predicted octanol–water partition coefficient (Wildman–Crippen LogP) is 8.42. The Balaban J connectivity index is 1.86.